The normalized spacial score (nSPS) is 14.2. The Morgan fingerprint density at radius 3 is 1.88 bits per heavy atom. The molecule has 0 unspecified atom stereocenters. The molecular formula is C21H22N2O3. The van der Waals surface area contributed by atoms with Gasteiger partial charge in [0.2, 0.25) is 5.91 Å². The average molecular weight is 350 g/mol. The molecule has 0 atom stereocenters. The number of amides is 1. The molecule has 1 aliphatic heterocycles. The van der Waals surface area contributed by atoms with E-state index in [0.29, 0.717) is 25.9 Å². The number of carbonyl (C=O) groups is 2. The highest BCUT2D eigenvalue weighted by Gasteiger charge is 2.25. The van der Waals surface area contributed by atoms with E-state index in [4.69, 9.17) is 4.84 Å². The van der Waals surface area contributed by atoms with Gasteiger partial charge in [0, 0.05) is 32.9 Å². The molecule has 26 heavy (non-hydrogen) atoms. The molecule has 2 aromatic rings. The van der Waals surface area contributed by atoms with E-state index in [1.807, 2.05) is 60.7 Å². The largest absolute Gasteiger partial charge is 0.346 e. The number of likely N-dealkylation sites (tertiary alicyclic amines) is 1. The van der Waals surface area contributed by atoms with Crippen LogP contribution in [0.1, 0.15) is 36.8 Å². The van der Waals surface area contributed by atoms with Crippen LogP contribution in [-0.2, 0) is 14.4 Å². The highest BCUT2D eigenvalue weighted by atomic mass is 16.7. The van der Waals surface area contributed by atoms with Crippen LogP contribution in [0.25, 0.3) is 0 Å². The van der Waals surface area contributed by atoms with Crippen LogP contribution in [0.4, 0.5) is 0 Å². The van der Waals surface area contributed by atoms with Crippen LogP contribution in [0.15, 0.2) is 65.8 Å². The van der Waals surface area contributed by atoms with E-state index >= 15 is 0 Å². The summed E-state index contributed by atoms with van der Waals surface area (Å²) in [5.74, 6) is -0.850. The van der Waals surface area contributed by atoms with Gasteiger partial charge in [-0.3, -0.25) is 4.79 Å². The summed E-state index contributed by atoms with van der Waals surface area (Å²) in [6, 6.07) is 19.1. The molecule has 134 valence electrons. The molecule has 1 heterocycles. The summed E-state index contributed by atoms with van der Waals surface area (Å²) in [6.07, 6.45) is 1.27. The summed E-state index contributed by atoms with van der Waals surface area (Å²) >= 11 is 0. The van der Waals surface area contributed by atoms with Crippen molar-refractivity contribution in [2.45, 2.75) is 25.7 Å². The number of benzene rings is 2. The second kappa shape index (κ2) is 8.43. The van der Waals surface area contributed by atoms with Crippen molar-refractivity contribution in [3.05, 3.63) is 71.8 Å². The second-order valence-electron chi connectivity index (χ2n) is 6.33. The predicted octanol–water partition coefficient (Wildman–Crippen LogP) is 3.36. The zero-order valence-electron chi connectivity index (χ0n) is 14.8. The predicted molar refractivity (Wildman–Crippen MR) is 99.7 cm³/mol. The molecule has 1 amide bonds. The van der Waals surface area contributed by atoms with Crippen LogP contribution in [0.3, 0.4) is 0 Å². The van der Waals surface area contributed by atoms with Crippen molar-refractivity contribution in [2.75, 3.05) is 13.1 Å². The number of oxime groups is 1. The Labute approximate surface area is 153 Å². The van der Waals surface area contributed by atoms with Crippen LogP contribution >= 0.6 is 0 Å². The Balaban J connectivity index is 1.73. The Morgan fingerprint density at radius 2 is 1.42 bits per heavy atom. The van der Waals surface area contributed by atoms with Gasteiger partial charge in [0.1, 0.15) is 5.92 Å². The molecule has 1 saturated heterocycles. The summed E-state index contributed by atoms with van der Waals surface area (Å²) in [7, 11) is 0. The zero-order chi connectivity index (χ0) is 18.4. The number of hydrogen-bond donors (Lipinski definition) is 0. The number of rotatable bonds is 4. The van der Waals surface area contributed by atoms with Crippen LogP contribution in [0.2, 0.25) is 0 Å². The Bertz CT molecular complexity index is 738. The van der Waals surface area contributed by atoms with Gasteiger partial charge in [-0.25, -0.2) is 4.79 Å². The van der Waals surface area contributed by atoms with Gasteiger partial charge in [-0.1, -0.05) is 65.8 Å². The van der Waals surface area contributed by atoms with Crippen LogP contribution in [-0.4, -0.2) is 35.6 Å². The van der Waals surface area contributed by atoms with Gasteiger partial charge >= 0.3 is 5.97 Å². The van der Waals surface area contributed by atoms with Gasteiger partial charge in [0.05, 0.1) is 5.71 Å². The SMILES string of the molecule is CC(=O)N1CCC(=NOC(=O)C(c2ccccc2)c2ccccc2)CC1. The highest BCUT2D eigenvalue weighted by Crippen LogP contribution is 2.26. The van der Waals surface area contributed by atoms with Gasteiger partial charge < -0.3 is 9.74 Å². The quantitative estimate of drug-likeness (QED) is 0.627. The van der Waals surface area contributed by atoms with Crippen molar-refractivity contribution in [3.8, 4) is 0 Å². The van der Waals surface area contributed by atoms with Gasteiger partial charge in [-0.15, -0.1) is 0 Å². The van der Waals surface area contributed by atoms with Crippen molar-refractivity contribution in [2.24, 2.45) is 5.16 Å². The zero-order valence-corrected chi connectivity index (χ0v) is 14.8. The van der Waals surface area contributed by atoms with E-state index in [2.05, 4.69) is 5.16 Å². The number of piperidine rings is 1. The summed E-state index contributed by atoms with van der Waals surface area (Å²) in [6.45, 7) is 2.80. The fourth-order valence-corrected chi connectivity index (χ4v) is 3.09. The monoisotopic (exact) mass is 350 g/mol. The molecule has 0 saturated carbocycles. The first-order valence-corrected chi connectivity index (χ1v) is 8.77. The minimum atomic E-state index is -0.515. The third-order valence-corrected chi connectivity index (χ3v) is 4.55. The molecule has 5 heteroatoms. The smallest absolute Gasteiger partial charge is 0.342 e. The minimum Gasteiger partial charge on any atom is -0.342 e. The Morgan fingerprint density at radius 1 is 0.923 bits per heavy atom. The van der Waals surface area contributed by atoms with Crippen LogP contribution < -0.4 is 0 Å². The summed E-state index contributed by atoms with van der Waals surface area (Å²) < 4.78 is 0. The van der Waals surface area contributed by atoms with E-state index in [9.17, 15) is 9.59 Å². The maximum Gasteiger partial charge on any atom is 0.346 e. The molecule has 0 bridgehead atoms. The number of hydrogen-bond acceptors (Lipinski definition) is 4. The standard InChI is InChI=1S/C21H22N2O3/c1-16(24)23-14-12-19(13-15-23)22-26-21(25)20(17-8-4-2-5-9-17)18-10-6-3-7-11-18/h2-11,20H,12-15H2,1H3. The average Bonchev–Trinajstić information content (AvgIpc) is 2.68. The molecule has 1 aliphatic rings. The first-order chi connectivity index (χ1) is 12.6. The van der Waals surface area contributed by atoms with Gasteiger partial charge in [0.25, 0.3) is 0 Å². The van der Waals surface area contributed by atoms with E-state index in [1.54, 1.807) is 11.8 Å². The molecular weight excluding hydrogens is 328 g/mol. The molecule has 3 rings (SSSR count). The van der Waals surface area contributed by atoms with Gasteiger partial charge in [-0.05, 0) is 11.1 Å². The first-order valence-electron chi connectivity index (χ1n) is 8.77. The van der Waals surface area contributed by atoms with E-state index in [-0.39, 0.29) is 5.91 Å². The fraction of sp³-hybridized carbons (Fsp3) is 0.286. The fourth-order valence-electron chi connectivity index (χ4n) is 3.09. The molecule has 5 nitrogen and oxygen atoms in total. The maximum absolute atomic E-state index is 12.8. The summed E-state index contributed by atoms with van der Waals surface area (Å²) in [5, 5.41) is 4.08. The summed E-state index contributed by atoms with van der Waals surface area (Å²) in [5.41, 5.74) is 2.56. The lowest BCUT2D eigenvalue weighted by molar-refractivity contribution is -0.144. The lowest BCUT2D eigenvalue weighted by Gasteiger charge is -2.26. The van der Waals surface area contributed by atoms with Crippen molar-refractivity contribution in [1.82, 2.24) is 4.90 Å². The Hall–Kier alpha value is -2.95. The van der Waals surface area contributed by atoms with Gasteiger partial charge in [-0.2, -0.15) is 0 Å². The molecule has 0 radical (unpaired) electrons. The van der Waals surface area contributed by atoms with Crippen molar-refractivity contribution in [1.29, 1.82) is 0 Å². The van der Waals surface area contributed by atoms with Crippen LogP contribution in [0, 0.1) is 0 Å². The molecule has 0 spiro atoms. The molecule has 2 aromatic carbocycles. The van der Waals surface area contributed by atoms with Crippen molar-refractivity contribution in [3.63, 3.8) is 0 Å². The molecule has 0 aromatic heterocycles. The molecule has 0 N–H and O–H groups in total. The number of carbonyl (C=O) groups excluding carboxylic acids is 2. The minimum absolute atomic E-state index is 0.0641. The van der Waals surface area contributed by atoms with Crippen LogP contribution in [0.5, 0.6) is 0 Å². The second-order valence-corrected chi connectivity index (χ2v) is 6.33. The topological polar surface area (TPSA) is 59.0 Å². The number of nitrogens with zero attached hydrogens (tertiary/aromatic N) is 2. The Kier molecular flexibility index (Phi) is 5.79. The van der Waals surface area contributed by atoms with E-state index in [1.165, 1.54) is 0 Å². The first kappa shape index (κ1) is 17.9. The third kappa shape index (κ3) is 4.36. The lowest BCUT2D eigenvalue weighted by atomic mass is 9.91. The van der Waals surface area contributed by atoms with Gasteiger partial charge in [0.15, 0.2) is 0 Å². The van der Waals surface area contributed by atoms with Crippen molar-refractivity contribution < 1.29 is 14.4 Å². The third-order valence-electron chi connectivity index (χ3n) is 4.55. The lowest BCUT2D eigenvalue weighted by Crippen LogP contribution is -2.37. The van der Waals surface area contributed by atoms with E-state index in [0.717, 1.165) is 16.8 Å². The maximum atomic E-state index is 12.8. The summed E-state index contributed by atoms with van der Waals surface area (Å²) in [4.78, 5) is 31.2. The molecule has 1 fully saturated rings. The van der Waals surface area contributed by atoms with Crippen molar-refractivity contribution >= 4 is 17.6 Å². The van der Waals surface area contributed by atoms with E-state index < -0.39 is 11.9 Å². The highest BCUT2D eigenvalue weighted by molar-refractivity contribution is 5.88. The molecule has 0 aliphatic carbocycles.